The fourth-order valence-electron chi connectivity index (χ4n) is 3.15. The van der Waals surface area contributed by atoms with E-state index >= 15 is 0 Å². The Balaban J connectivity index is 0.00000120. The molecule has 2 N–H and O–H groups in total. The average Bonchev–Trinajstić information content (AvgIpc) is 2.69. The molecule has 0 aromatic heterocycles. The number of benzene rings is 1. The second-order valence-electron chi connectivity index (χ2n) is 4.95. The van der Waals surface area contributed by atoms with Gasteiger partial charge in [0, 0.05) is 24.6 Å². The molecule has 1 heterocycles. The highest BCUT2D eigenvalue weighted by Crippen LogP contribution is 2.40. The number of halogens is 1. The number of nitrogens with zero attached hydrogens (tertiary/aromatic N) is 1. The van der Waals surface area contributed by atoms with Crippen LogP contribution in [-0.4, -0.2) is 30.3 Å². The molecule has 1 aromatic carbocycles. The van der Waals surface area contributed by atoms with Crippen LogP contribution in [0.15, 0.2) is 18.2 Å². The highest BCUT2D eigenvalue weighted by molar-refractivity contribution is 6.01. The predicted octanol–water partition coefficient (Wildman–Crippen LogP) is 1.94. The molecule has 0 radical (unpaired) electrons. The highest BCUT2D eigenvalue weighted by Gasteiger charge is 2.37. The Hall–Kier alpha value is -0.900. The van der Waals surface area contributed by atoms with Gasteiger partial charge in [0.15, 0.2) is 5.78 Å². The van der Waals surface area contributed by atoms with Crippen LogP contribution in [0.4, 0.5) is 0 Å². The highest BCUT2D eigenvalue weighted by atomic mass is 35.5. The Labute approximate surface area is 114 Å². The van der Waals surface area contributed by atoms with E-state index in [2.05, 4.69) is 11.0 Å². The summed E-state index contributed by atoms with van der Waals surface area (Å²) in [6.45, 7) is 2.81. The quantitative estimate of drug-likeness (QED) is 0.910. The minimum Gasteiger partial charge on any atom is -0.330 e. The fourth-order valence-corrected chi connectivity index (χ4v) is 3.15. The van der Waals surface area contributed by atoms with E-state index < -0.39 is 0 Å². The predicted molar refractivity (Wildman–Crippen MR) is 74.3 cm³/mol. The third-order valence-corrected chi connectivity index (χ3v) is 3.97. The summed E-state index contributed by atoms with van der Waals surface area (Å²) in [6, 6.07) is 6.50. The van der Waals surface area contributed by atoms with Gasteiger partial charge in [-0.15, -0.1) is 12.4 Å². The molecule has 1 atom stereocenters. The molecule has 0 amide bonds. The minimum atomic E-state index is 0. The van der Waals surface area contributed by atoms with Gasteiger partial charge in [0.2, 0.25) is 0 Å². The van der Waals surface area contributed by atoms with E-state index in [1.165, 1.54) is 11.1 Å². The first-order valence-corrected chi connectivity index (χ1v) is 6.40. The van der Waals surface area contributed by atoms with Gasteiger partial charge >= 0.3 is 0 Å². The average molecular weight is 267 g/mol. The first kappa shape index (κ1) is 13.5. The topological polar surface area (TPSA) is 46.3 Å². The molecule has 0 bridgehead atoms. The Kier molecular flexibility index (Phi) is 4.05. The normalized spacial score (nSPS) is 21.6. The largest absolute Gasteiger partial charge is 0.330 e. The lowest BCUT2D eigenvalue weighted by Crippen LogP contribution is -2.35. The fraction of sp³-hybridized carbons (Fsp3) is 0.500. The summed E-state index contributed by atoms with van der Waals surface area (Å²) in [6.07, 6.45) is 2.75. The zero-order valence-electron chi connectivity index (χ0n) is 10.4. The van der Waals surface area contributed by atoms with Crippen molar-refractivity contribution in [2.24, 2.45) is 5.73 Å². The van der Waals surface area contributed by atoms with Gasteiger partial charge in [0.25, 0.3) is 0 Å². The number of carbonyl (C=O) groups is 1. The molecule has 3 rings (SSSR count). The van der Waals surface area contributed by atoms with Crippen molar-refractivity contribution in [3.05, 3.63) is 34.9 Å². The lowest BCUT2D eigenvalue weighted by Gasteiger charge is -2.34. The standard InChI is InChI=1S/C14H18N2O.ClH/c15-6-2-7-16-8-5-10-3-1-4-11-13(17)9-12(16)14(10)11;/h1,3-4,12H,2,5-9,15H2;1H. The third-order valence-electron chi connectivity index (χ3n) is 3.97. The van der Waals surface area contributed by atoms with Crippen LogP contribution in [0.1, 0.15) is 40.4 Å². The van der Waals surface area contributed by atoms with Crippen LogP contribution in [0.3, 0.4) is 0 Å². The van der Waals surface area contributed by atoms with Gasteiger partial charge in [0.05, 0.1) is 0 Å². The van der Waals surface area contributed by atoms with Crippen LogP contribution < -0.4 is 5.73 Å². The van der Waals surface area contributed by atoms with Crippen molar-refractivity contribution in [1.29, 1.82) is 0 Å². The van der Waals surface area contributed by atoms with E-state index in [0.29, 0.717) is 18.2 Å². The molecule has 1 aromatic rings. The van der Waals surface area contributed by atoms with Gasteiger partial charge in [-0.05, 0) is 37.1 Å². The Morgan fingerprint density at radius 1 is 1.39 bits per heavy atom. The van der Waals surface area contributed by atoms with Crippen molar-refractivity contribution in [1.82, 2.24) is 4.90 Å². The summed E-state index contributed by atoms with van der Waals surface area (Å²) in [5.41, 5.74) is 9.22. The van der Waals surface area contributed by atoms with Crippen molar-refractivity contribution >= 4 is 18.2 Å². The van der Waals surface area contributed by atoms with Crippen LogP contribution in [0.5, 0.6) is 0 Å². The molecule has 1 unspecified atom stereocenters. The van der Waals surface area contributed by atoms with Gasteiger partial charge < -0.3 is 5.73 Å². The molecule has 1 aliphatic heterocycles. The summed E-state index contributed by atoms with van der Waals surface area (Å²) in [7, 11) is 0. The van der Waals surface area contributed by atoms with E-state index in [0.717, 1.165) is 38.0 Å². The number of hydrogen-bond acceptors (Lipinski definition) is 3. The zero-order chi connectivity index (χ0) is 11.8. The van der Waals surface area contributed by atoms with E-state index in [-0.39, 0.29) is 12.4 Å². The van der Waals surface area contributed by atoms with E-state index in [4.69, 9.17) is 5.73 Å². The molecular weight excluding hydrogens is 248 g/mol. The van der Waals surface area contributed by atoms with E-state index in [9.17, 15) is 4.79 Å². The maximum absolute atomic E-state index is 12.0. The Morgan fingerprint density at radius 3 is 3.00 bits per heavy atom. The van der Waals surface area contributed by atoms with Crippen LogP contribution in [0.2, 0.25) is 0 Å². The first-order valence-electron chi connectivity index (χ1n) is 6.40. The van der Waals surface area contributed by atoms with E-state index in [1.807, 2.05) is 12.1 Å². The Morgan fingerprint density at radius 2 is 2.22 bits per heavy atom. The van der Waals surface area contributed by atoms with Gasteiger partial charge in [-0.1, -0.05) is 18.2 Å². The van der Waals surface area contributed by atoms with Crippen LogP contribution >= 0.6 is 12.4 Å². The lowest BCUT2D eigenvalue weighted by atomic mass is 9.93. The number of hydrogen-bond donors (Lipinski definition) is 1. The molecular formula is C14H19ClN2O. The summed E-state index contributed by atoms with van der Waals surface area (Å²) >= 11 is 0. The zero-order valence-corrected chi connectivity index (χ0v) is 11.2. The van der Waals surface area contributed by atoms with Crippen molar-refractivity contribution in [2.45, 2.75) is 25.3 Å². The molecule has 1 aliphatic carbocycles. The summed E-state index contributed by atoms with van der Waals surface area (Å²) < 4.78 is 0. The number of ketones is 1. The molecule has 4 heteroatoms. The molecule has 2 aliphatic rings. The molecule has 3 nitrogen and oxygen atoms in total. The molecule has 0 spiro atoms. The van der Waals surface area contributed by atoms with E-state index in [1.54, 1.807) is 0 Å². The summed E-state index contributed by atoms with van der Waals surface area (Å²) in [5, 5.41) is 0. The van der Waals surface area contributed by atoms with Crippen LogP contribution in [-0.2, 0) is 6.42 Å². The molecule has 0 saturated heterocycles. The van der Waals surface area contributed by atoms with Crippen molar-refractivity contribution in [3.63, 3.8) is 0 Å². The van der Waals surface area contributed by atoms with Gasteiger partial charge in [-0.3, -0.25) is 9.69 Å². The maximum Gasteiger partial charge on any atom is 0.165 e. The first-order chi connectivity index (χ1) is 8.31. The maximum atomic E-state index is 12.0. The lowest BCUT2D eigenvalue weighted by molar-refractivity contribution is 0.0949. The van der Waals surface area contributed by atoms with Crippen molar-refractivity contribution < 1.29 is 4.79 Å². The number of rotatable bonds is 3. The summed E-state index contributed by atoms with van der Waals surface area (Å²) in [5.74, 6) is 0.312. The Bertz CT molecular complexity index is 461. The van der Waals surface area contributed by atoms with Gasteiger partial charge in [-0.25, -0.2) is 0 Å². The SMILES string of the molecule is Cl.NCCCN1CCc2cccc3c2C1CC3=O. The van der Waals surface area contributed by atoms with Crippen molar-refractivity contribution in [3.8, 4) is 0 Å². The molecule has 18 heavy (non-hydrogen) atoms. The van der Waals surface area contributed by atoms with Crippen LogP contribution in [0, 0.1) is 0 Å². The number of Topliss-reactive ketones (excluding diaryl/α,β-unsaturated/α-hetero) is 1. The monoisotopic (exact) mass is 266 g/mol. The molecule has 0 fully saturated rings. The smallest absolute Gasteiger partial charge is 0.165 e. The second-order valence-corrected chi connectivity index (χ2v) is 4.95. The second kappa shape index (κ2) is 5.39. The third kappa shape index (κ3) is 2.07. The molecule has 98 valence electrons. The molecule has 0 saturated carbocycles. The minimum absolute atomic E-state index is 0. The van der Waals surface area contributed by atoms with Crippen molar-refractivity contribution in [2.75, 3.05) is 19.6 Å². The van der Waals surface area contributed by atoms with Crippen LogP contribution in [0.25, 0.3) is 0 Å². The van der Waals surface area contributed by atoms with Gasteiger partial charge in [0.1, 0.15) is 0 Å². The summed E-state index contributed by atoms with van der Waals surface area (Å²) in [4.78, 5) is 14.4. The number of nitrogens with two attached hydrogens (primary N) is 1. The van der Waals surface area contributed by atoms with Gasteiger partial charge in [-0.2, -0.15) is 0 Å². The number of carbonyl (C=O) groups excluding carboxylic acids is 1.